The Labute approximate surface area is 185 Å². The van der Waals surface area contributed by atoms with E-state index in [1.807, 2.05) is 30.3 Å². The van der Waals surface area contributed by atoms with E-state index in [4.69, 9.17) is 16.3 Å². The molecule has 4 rings (SSSR count). The molecule has 0 aliphatic carbocycles. The second-order valence-electron chi connectivity index (χ2n) is 7.11. The molecular weight excluding hydrogens is 414 g/mol. The third kappa shape index (κ3) is 5.23. The summed E-state index contributed by atoms with van der Waals surface area (Å²) in [6.07, 6.45) is 0. The second-order valence-corrected chi connectivity index (χ2v) is 7.55. The number of nitrogens with zero attached hydrogens (tertiary/aromatic N) is 1. The van der Waals surface area contributed by atoms with Gasteiger partial charge in [-0.05, 0) is 54.6 Å². The van der Waals surface area contributed by atoms with E-state index in [1.54, 1.807) is 42.5 Å². The maximum absolute atomic E-state index is 12.8. The van der Waals surface area contributed by atoms with Crippen LogP contribution in [0, 0.1) is 0 Å². The Hall–Kier alpha value is -3.35. The molecule has 0 atom stereocenters. The van der Waals surface area contributed by atoms with Crippen molar-refractivity contribution in [3.8, 4) is 0 Å². The lowest BCUT2D eigenvalue weighted by Crippen LogP contribution is -2.36. The van der Waals surface area contributed by atoms with E-state index >= 15 is 0 Å². The van der Waals surface area contributed by atoms with Crippen LogP contribution in [0.2, 0.25) is 5.02 Å². The molecular formula is C24H22ClN3O3. The van der Waals surface area contributed by atoms with E-state index in [2.05, 4.69) is 15.5 Å². The smallest absolute Gasteiger partial charge is 0.255 e. The fourth-order valence-electron chi connectivity index (χ4n) is 3.38. The molecule has 7 heteroatoms. The van der Waals surface area contributed by atoms with Gasteiger partial charge in [-0.3, -0.25) is 9.59 Å². The van der Waals surface area contributed by atoms with Gasteiger partial charge in [-0.15, -0.1) is 0 Å². The van der Waals surface area contributed by atoms with Crippen LogP contribution in [-0.2, 0) is 4.74 Å². The zero-order valence-corrected chi connectivity index (χ0v) is 17.6. The van der Waals surface area contributed by atoms with Gasteiger partial charge in [-0.2, -0.15) is 0 Å². The van der Waals surface area contributed by atoms with Crippen molar-refractivity contribution in [1.82, 2.24) is 0 Å². The molecule has 2 N–H and O–H groups in total. The normalized spacial score (nSPS) is 13.5. The van der Waals surface area contributed by atoms with E-state index in [9.17, 15) is 9.59 Å². The summed E-state index contributed by atoms with van der Waals surface area (Å²) in [5, 5.41) is 6.33. The van der Waals surface area contributed by atoms with Crippen molar-refractivity contribution in [2.75, 3.05) is 41.8 Å². The Morgan fingerprint density at radius 2 is 1.45 bits per heavy atom. The van der Waals surface area contributed by atoms with Crippen LogP contribution in [0.3, 0.4) is 0 Å². The van der Waals surface area contributed by atoms with Crippen molar-refractivity contribution >= 4 is 40.5 Å². The first-order valence-electron chi connectivity index (χ1n) is 10.0. The van der Waals surface area contributed by atoms with Crippen molar-refractivity contribution in [3.63, 3.8) is 0 Å². The third-order valence-corrected chi connectivity index (χ3v) is 5.23. The van der Waals surface area contributed by atoms with Gasteiger partial charge in [0.2, 0.25) is 0 Å². The molecule has 2 amide bonds. The highest BCUT2D eigenvalue weighted by atomic mass is 35.5. The number of rotatable bonds is 5. The topological polar surface area (TPSA) is 70.7 Å². The quantitative estimate of drug-likeness (QED) is 0.610. The average Bonchev–Trinajstić information content (AvgIpc) is 2.81. The fourth-order valence-corrected chi connectivity index (χ4v) is 3.55. The fraction of sp³-hybridized carbons (Fsp3) is 0.167. The zero-order valence-electron chi connectivity index (χ0n) is 16.8. The lowest BCUT2D eigenvalue weighted by atomic mass is 10.1. The third-order valence-electron chi connectivity index (χ3n) is 5.00. The molecule has 158 valence electrons. The number of morpholine rings is 1. The van der Waals surface area contributed by atoms with Gasteiger partial charge >= 0.3 is 0 Å². The number of carbonyl (C=O) groups excluding carboxylic acids is 2. The number of carbonyl (C=O) groups is 2. The number of amides is 2. The Kier molecular flexibility index (Phi) is 6.50. The first-order chi connectivity index (χ1) is 15.1. The van der Waals surface area contributed by atoms with Crippen LogP contribution in [0.1, 0.15) is 20.7 Å². The Morgan fingerprint density at radius 3 is 2.16 bits per heavy atom. The van der Waals surface area contributed by atoms with Crippen LogP contribution in [-0.4, -0.2) is 38.1 Å². The molecule has 6 nitrogen and oxygen atoms in total. The number of anilines is 3. The molecule has 0 unspecified atom stereocenters. The van der Waals surface area contributed by atoms with Crippen molar-refractivity contribution in [1.29, 1.82) is 0 Å². The van der Waals surface area contributed by atoms with Gasteiger partial charge in [0.1, 0.15) is 0 Å². The summed E-state index contributed by atoms with van der Waals surface area (Å²) in [5.74, 6) is -0.454. The SMILES string of the molecule is O=C(Nc1ccc(C(=O)Nc2cc(Cl)ccc2N2CCOCC2)cc1)c1ccccc1. The van der Waals surface area contributed by atoms with E-state index < -0.39 is 0 Å². The number of benzene rings is 3. The maximum atomic E-state index is 12.8. The highest BCUT2D eigenvalue weighted by Crippen LogP contribution is 2.30. The molecule has 3 aromatic rings. The molecule has 0 saturated carbocycles. The van der Waals surface area contributed by atoms with E-state index in [-0.39, 0.29) is 11.8 Å². The number of halogens is 1. The first-order valence-corrected chi connectivity index (χ1v) is 10.4. The van der Waals surface area contributed by atoms with E-state index in [1.165, 1.54) is 0 Å². The number of ether oxygens (including phenoxy) is 1. The van der Waals surface area contributed by atoms with Gasteiger partial charge in [0, 0.05) is 34.9 Å². The standard InChI is InChI=1S/C24H22ClN3O3/c25-19-8-11-22(28-12-14-31-15-13-28)21(16-19)27-24(30)18-6-9-20(10-7-18)26-23(29)17-4-2-1-3-5-17/h1-11,16H,12-15H2,(H,26,29)(H,27,30). The highest BCUT2D eigenvalue weighted by molar-refractivity contribution is 6.31. The number of nitrogens with one attached hydrogen (secondary N) is 2. The molecule has 1 aliphatic heterocycles. The Bertz CT molecular complexity index is 1070. The molecule has 1 saturated heterocycles. The van der Waals surface area contributed by atoms with Crippen molar-refractivity contribution in [2.45, 2.75) is 0 Å². The summed E-state index contributed by atoms with van der Waals surface area (Å²) < 4.78 is 5.42. The molecule has 1 aliphatic rings. The van der Waals surface area contributed by atoms with Crippen LogP contribution in [0.4, 0.5) is 17.1 Å². The minimum atomic E-state index is -0.252. The van der Waals surface area contributed by atoms with Crippen LogP contribution >= 0.6 is 11.6 Å². The molecule has 0 aromatic heterocycles. The highest BCUT2D eigenvalue weighted by Gasteiger charge is 2.17. The molecule has 0 radical (unpaired) electrons. The Balaban J connectivity index is 1.45. The molecule has 0 spiro atoms. The summed E-state index contributed by atoms with van der Waals surface area (Å²) in [6, 6.07) is 21.2. The first kappa shape index (κ1) is 20.9. The van der Waals surface area contributed by atoms with Crippen molar-refractivity contribution in [3.05, 3.63) is 88.9 Å². The largest absolute Gasteiger partial charge is 0.378 e. The number of hydrogen-bond acceptors (Lipinski definition) is 4. The summed E-state index contributed by atoms with van der Waals surface area (Å²) >= 11 is 6.17. The Morgan fingerprint density at radius 1 is 0.806 bits per heavy atom. The van der Waals surface area contributed by atoms with Gasteiger partial charge < -0.3 is 20.3 Å². The van der Waals surface area contributed by atoms with Gasteiger partial charge in [-0.25, -0.2) is 0 Å². The van der Waals surface area contributed by atoms with Crippen LogP contribution in [0.15, 0.2) is 72.8 Å². The minimum Gasteiger partial charge on any atom is -0.378 e. The average molecular weight is 436 g/mol. The predicted molar refractivity (Wildman–Crippen MR) is 123 cm³/mol. The lowest BCUT2D eigenvalue weighted by molar-refractivity contribution is 0.102. The predicted octanol–water partition coefficient (Wildman–Crippen LogP) is 4.68. The summed E-state index contributed by atoms with van der Waals surface area (Å²) in [7, 11) is 0. The van der Waals surface area contributed by atoms with Crippen molar-refractivity contribution < 1.29 is 14.3 Å². The van der Waals surface area contributed by atoms with Gasteiger partial charge in [0.05, 0.1) is 24.6 Å². The zero-order chi connectivity index (χ0) is 21.6. The molecule has 31 heavy (non-hydrogen) atoms. The van der Waals surface area contributed by atoms with Crippen molar-refractivity contribution in [2.24, 2.45) is 0 Å². The summed E-state index contributed by atoms with van der Waals surface area (Å²) in [6.45, 7) is 2.79. The lowest BCUT2D eigenvalue weighted by Gasteiger charge is -2.30. The van der Waals surface area contributed by atoms with E-state index in [0.29, 0.717) is 40.7 Å². The van der Waals surface area contributed by atoms with Crippen LogP contribution < -0.4 is 15.5 Å². The molecule has 1 heterocycles. The molecule has 0 bridgehead atoms. The van der Waals surface area contributed by atoms with Gasteiger partial charge in [-0.1, -0.05) is 29.8 Å². The molecule has 1 fully saturated rings. The summed E-state index contributed by atoms with van der Waals surface area (Å²) in [4.78, 5) is 27.3. The van der Waals surface area contributed by atoms with Gasteiger partial charge in [0.25, 0.3) is 11.8 Å². The maximum Gasteiger partial charge on any atom is 0.255 e. The monoisotopic (exact) mass is 435 g/mol. The van der Waals surface area contributed by atoms with Crippen LogP contribution in [0.5, 0.6) is 0 Å². The molecule has 3 aromatic carbocycles. The van der Waals surface area contributed by atoms with E-state index in [0.717, 1.165) is 18.8 Å². The number of hydrogen-bond donors (Lipinski definition) is 2. The summed E-state index contributed by atoms with van der Waals surface area (Å²) in [5.41, 5.74) is 3.22. The van der Waals surface area contributed by atoms with Crippen LogP contribution in [0.25, 0.3) is 0 Å². The minimum absolute atomic E-state index is 0.202. The van der Waals surface area contributed by atoms with Gasteiger partial charge in [0.15, 0.2) is 0 Å². The second kappa shape index (κ2) is 9.64.